The molecule has 0 aliphatic carbocycles. The van der Waals surface area contributed by atoms with Crippen LogP contribution in [0, 0.1) is 10.8 Å². The fraction of sp³-hybridized carbons (Fsp3) is 0.917. The predicted molar refractivity (Wildman–Crippen MR) is 122 cm³/mol. The first-order valence-corrected chi connectivity index (χ1v) is 15.6. The van der Waals surface area contributed by atoms with Crippen molar-refractivity contribution in [2.75, 3.05) is 0 Å². The molecule has 172 valence electrons. The van der Waals surface area contributed by atoms with Crippen LogP contribution in [0.4, 0.5) is 0 Å². The molecular weight excluding hydrogens is 471 g/mol. The fourth-order valence-corrected chi connectivity index (χ4v) is 6.33. The molecule has 0 saturated heterocycles. The van der Waals surface area contributed by atoms with Gasteiger partial charge >= 0.3 is 69.5 Å². The molecule has 0 heterocycles. The number of rotatable bonds is 14. The van der Waals surface area contributed by atoms with E-state index in [1.807, 2.05) is 13.8 Å². The van der Waals surface area contributed by atoms with E-state index in [0.717, 1.165) is 25.7 Å². The molecule has 0 saturated carbocycles. The normalized spacial score (nSPS) is 10.8. The van der Waals surface area contributed by atoms with E-state index in [1.165, 1.54) is 25.7 Å². The van der Waals surface area contributed by atoms with Crippen molar-refractivity contribution >= 4 is 33.1 Å². The second-order valence-corrected chi connectivity index (χ2v) is 13.3. The van der Waals surface area contributed by atoms with Gasteiger partial charge in [-0.1, -0.05) is 67.2 Å². The number of hydrogen-bond acceptors (Lipinski definition) is 4. The average molecular weight is 519 g/mol. The zero-order chi connectivity index (χ0) is 23.3. The first kappa shape index (κ1) is 33.4. The minimum absolute atomic E-state index is 0.149. The molecule has 0 rings (SSSR count). The maximum atomic E-state index is 10.4. The molecule has 0 unspecified atom stereocenters. The number of unbranched alkanes of at least 4 members (excludes halogenated alkanes) is 4. The van der Waals surface area contributed by atoms with Gasteiger partial charge in [0.2, 0.25) is 0 Å². The quantitative estimate of drug-likeness (QED) is 0.238. The van der Waals surface area contributed by atoms with E-state index in [1.54, 1.807) is 36.6 Å². The topological polar surface area (TPSA) is 80.3 Å². The van der Waals surface area contributed by atoms with Gasteiger partial charge in [-0.3, -0.25) is 0 Å². The molecule has 29 heavy (non-hydrogen) atoms. The van der Waals surface area contributed by atoms with Gasteiger partial charge in [-0.25, -0.2) is 0 Å². The molecule has 0 bridgehead atoms. The Morgan fingerprint density at radius 3 is 1.10 bits per heavy atom. The fourth-order valence-electron chi connectivity index (χ4n) is 2.17. The first-order valence-electron chi connectivity index (χ1n) is 11.6. The summed E-state index contributed by atoms with van der Waals surface area (Å²) in [6, 6.07) is 0. The molecule has 0 aliphatic heterocycles. The Balaban J connectivity index is -0.000000350. The summed E-state index contributed by atoms with van der Waals surface area (Å²) in [6.07, 6.45) is 11.3. The van der Waals surface area contributed by atoms with Crippen molar-refractivity contribution in [3.8, 4) is 0 Å². The monoisotopic (exact) mass is 520 g/mol. The summed E-state index contributed by atoms with van der Waals surface area (Å²) in [5.41, 5.74) is -1.29. The van der Waals surface area contributed by atoms with Crippen molar-refractivity contribution < 1.29 is 19.8 Å². The Labute approximate surface area is 191 Å². The molecule has 4 nitrogen and oxygen atoms in total. The molecule has 0 N–H and O–H groups in total. The third-order valence-electron chi connectivity index (χ3n) is 4.83. The van der Waals surface area contributed by atoms with Gasteiger partial charge in [0.15, 0.2) is 0 Å². The Morgan fingerprint density at radius 2 is 0.897 bits per heavy atom. The van der Waals surface area contributed by atoms with Crippen LogP contribution in [0.3, 0.4) is 0 Å². The summed E-state index contributed by atoms with van der Waals surface area (Å²) in [6.45, 7) is 15.5. The molecule has 0 aliphatic rings. The van der Waals surface area contributed by atoms with Crippen molar-refractivity contribution in [2.45, 2.75) is 128 Å². The van der Waals surface area contributed by atoms with Gasteiger partial charge in [0.05, 0.1) is 0 Å². The van der Waals surface area contributed by atoms with Crippen LogP contribution in [0.15, 0.2) is 0 Å². The molecule has 5 heteroatoms. The van der Waals surface area contributed by atoms with Gasteiger partial charge in [0.25, 0.3) is 0 Å². The molecule has 0 aromatic carbocycles. The Hall–Kier alpha value is -0.261. The van der Waals surface area contributed by atoms with E-state index in [-0.39, 0.29) is 21.1 Å². The second-order valence-electron chi connectivity index (χ2n) is 9.01. The minimum atomic E-state index is -0.944. The molecule has 0 fully saturated rings. The Bertz CT molecular complexity index is 356. The van der Waals surface area contributed by atoms with Crippen molar-refractivity contribution in [1.82, 2.24) is 0 Å². The number of aliphatic carboxylic acids is 2. The maximum absolute atomic E-state index is 10.4. The number of carbonyl (C=O) groups excluding carboxylic acids is 2. The van der Waals surface area contributed by atoms with E-state index < -0.39 is 22.8 Å². The van der Waals surface area contributed by atoms with E-state index in [2.05, 4.69) is 13.8 Å². The third kappa shape index (κ3) is 23.9. The van der Waals surface area contributed by atoms with Gasteiger partial charge in [-0.2, -0.15) is 0 Å². The van der Waals surface area contributed by atoms with Crippen molar-refractivity contribution in [3.05, 3.63) is 0 Å². The van der Waals surface area contributed by atoms with Crippen LogP contribution >= 0.6 is 0 Å². The average Bonchev–Trinajstić information content (AvgIpc) is 2.65. The van der Waals surface area contributed by atoms with Gasteiger partial charge in [0, 0.05) is 22.8 Å². The number of carboxylic acids is 2. The number of carboxylic acid groups (broad SMARTS) is 2. The van der Waals surface area contributed by atoms with Gasteiger partial charge < -0.3 is 19.8 Å². The SMILES string of the molecule is CCCCC(C)(C)C(=O)[O-].CCCCC(C)(C)C(=O)[O-].CCC[CH2][Sn+2][CH2]CCC. The molecule has 0 amide bonds. The van der Waals surface area contributed by atoms with Crippen molar-refractivity contribution in [3.63, 3.8) is 0 Å². The summed E-state index contributed by atoms with van der Waals surface area (Å²) in [7, 11) is 0. The first-order chi connectivity index (χ1) is 13.4. The molecular formula is C24H48O4Sn. The van der Waals surface area contributed by atoms with Crippen LogP contribution in [0.1, 0.15) is 120 Å². The van der Waals surface area contributed by atoms with Crippen LogP contribution in [0.25, 0.3) is 0 Å². The van der Waals surface area contributed by atoms with Crippen LogP contribution in [-0.4, -0.2) is 33.1 Å². The summed E-state index contributed by atoms with van der Waals surface area (Å²) < 4.78 is 3.25. The molecule has 0 atom stereocenters. The molecule has 0 aromatic rings. The van der Waals surface area contributed by atoms with E-state index in [4.69, 9.17) is 0 Å². The van der Waals surface area contributed by atoms with Crippen LogP contribution in [0.2, 0.25) is 8.87 Å². The molecule has 0 spiro atoms. The summed E-state index contributed by atoms with van der Waals surface area (Å²) >= 11 is 0.149. The van der Waals surface area contributed by atoms with E-state index in [9.17, 15) is 19.8 Å². The molecule has 0 aromatic heterocycles. The Morgan fingerprint density at radius 1 is 0.621 bits per heavy atom. The van der Waals surface area contributed by atoms with Crippen LogP contribution in [-0.2, 0) is 9.59 Å². The van der Waals surface area contributed by atoms with E-state index in [0.29, 0.717) is 12.8 Å². The van der Waals surface area contributed by atoms with Gasteiger partial charge in [-0.15, -0.1) is 0 Å². The van der Waals surface area contributed by atoms with Crippen LogP contribution in [0.5, 0.6) is 0 Å². The van der Waals surface area contributed by atoms with Crippen molar-refractivity contribution in [2.24, 2.45) is 10.8 Å². The summed E-state index contributed by atoms with van der Waals surface area (Å²) in [5, 5.41) is 20.8. The predicted octanol–water partition coefficient (Wildman–Crippen LogP) is 5.03. The zero-order valence-electron chi connectivity index (χ0n) is 20.6. The molecule has 0 radical (unpaired) electrons. The standard InChI is InChI=1S/2C8H16O2.2C4H9.Sn/c2*1-4-5-6-8(2,3)7(9)10;2*1-3-4-2;/h2*4-6H2,1-3H3,(H,9,10);2*1,3-4H2,2H3;/q;;;;+2/p-2. The van der Waals surface area contributed by atoms with Crippen LogP contribution < -0.4 is 10.2 Å². The van der Waals surface area contributed by atoms with Crippen molar-refractivity contribution in [1.29, 1.82) is 0 Å². The summed E-state index contributed by atoms with van der Waals surface area (Å²) in [5.74, 6) is -1.89. The second kappa shape index (κ2) is 21.0. The number of hydrogen-bond donors (Lipinski definition) is 0. The summed E-state index contributed by atoms with van der Waals surface area (Å²) in [4.78, 5) is 20.8. The number of carbonyl (C=O) groups is 2. The van der Waals surface area contributed by atoms with E-state index >= 15 is 0 Å². The van der Waals surface area contributed by atoms with Gasteiger partial charge in [0.1, 0.15) is 0 Å². The third-order valence-corrected chi connectivity index (χ3v) is 8.87. The zero-order valence-corrected chi connectivity index (χ0v) is 23.5. The van der Waals surface area contributed by atoms with Gasteiger partial charge in [-0.05, 0) is 12.8 Å². The Kier molecular flexibility index (Phi) is 24.2.